The van der Waals surface area contributed by atoms with Gasteiger partial charge in [0.25, 0.3) is 0 Å². The van der Waals surface area contributed by atoms with Crippen LogP contribution in [0, 0.1) is 0 Å². The van der Waals surface area contributed by atoms with E-state index in [9.17, 15) is 4.79 Å². The van der Waals surface area contributed by atoms with Crippen LogP contribution in [0.25, 0.3) is 22.5 Å². The molecule has 3 aliphatic rings. The third-order valence-corrected chi connectivity index (χ3v) is 5.65. The molecule has 0 N–H and O–H groups in total. The molecule has 2 aliphatic heterocycles. The van der Waals surface area contributed by atoms with Gasteiger partial charge in [-0.05, 0) is 30.4 Å². The molecule has 4 nitrogen and oxygen atoms in total. The van der Waals surface area contributed by atoms with Gasteiger partial charge >= 0.3 is 0 Å². The minimum Gasteiger partial charge on any atom is -0.347 e. The number of carbonyl (C=O) groups excluding carboxylic acids is 1. The fourth-order valence-corrected chi connectivity index (χ4v) is 4.17. The summed E-state index contributed by atoms with van der Waals surface area (Å²) in [5, 5.41) is 0. The zero-order valence-electron chi connectivity index (χ0n) is 16.2. The molecule has 0 radical (unpaired) electrons. The van der Waals surface area contributed by atoms with Gasteiger partial charge in [-0.2, -0.15) is 0 Å². The van der Waals surface area contributed by atoms with E-state index >= 15 is 0 Å². The molecule has 0 saturated heterocycles. The van der Waals surface area contributed by atoms with Gasteiger partial charge in [0.1, 0.15) is 6.54 Å². The third kappa shape index (κ3) is 3.61. The summed E-state index contributed by atoms with van der Waals surface area (Å²) in [5.41, 5.74) is 5.94. The Kier molecular flexibility index (Phi) is 4.97. The number of aromatic nitrogens is 2. The molecular formula is C23H27N3O. The van der Waals surface area contributed by atoms with Crippen LogP contribution in [-0.4, -0.2) is 34.5 Å². The molecule has 27 heavy (non-hydrogen) atoms. The van der Waals surface area contributed by atoms with Crippen molar-refractivity contribution in [3.63, 3.8) is 0 Å². The lowest BCUT2D eigenvalue weighted by Crippen LogP contribution is -2.26. The molecule has 140 valence electrons. The maximum atomic E-state index is 12.1. The van der Waals surface area contributed by atoms with Crippen LogP contribution in [-0.2, 0) is 11.3 Å². The molecule has 0 unspecified atom stereocenters. The summed E-state index contributed by atoms with van der Waals surface area (Å²) in [7, 11) is 3.58. The first kappa shape index (κ1) is 17.8. The number of hydrogen-bond donors (Lipinski definition) is 0. The van der Waals surface area contributed by atoms with Gasteiger partial charge in [-0.1, -0.05) is 49.6 Å². The summed E-state index contributed by atoms with van der Waals surface area (Å²) in [6.07, 6.45) is 10.5. The van der Waals surface area contributed by atoms with Crippen LogP contribution in [0.2, 0.25) is 0 Å². The van der Waals surface area contributed by atoms with E-state index < -0.39 is 0 Å². The van der Waals surface area contributed by atoms with Crippen LogP contribution >= 0.6 is 0 Å². The zero-order chi connectivity index (χ0) is 18.8. The molecule has 1 saturated carbocycles. The molecule has 0 aromatic heterocycles. The van der Waals surface area contributed by atoms with Gasteiger partial charge in [0.15, 0.2) is 0 Å². The van der Waals surface area contributed by atoms with Gasteiger partial charge in [0.2, 0.25) is 5.91 Å². The molecule has 4 heteroatoms. The number of likely N-dealkylation sites (N-methyl/N-ethyl adjacent to an activating group) is 1. The van der Waals surface area contributed by atoms with Crippen molar-refractivity contribution in [3.8, 4) is 22.5 Å². The zero-order valence-corrected chi connectivity index (χ0v) is 16.2. The van der Waals surface area contributed by atoms with Gasteiger partial charge in [-0.3, -0.25) is 4.79 Å². The van der Waals surface area contributed by atoms with E-state index in [1.54, 1.807) is 19.0 Å². The van der Waals surface area contributed by atoms with Crippen molar-refractivity contribution in [1.29, 1.82) is 0 Å². The lowest BCUT2D eigenvalue weighted by molar-refractivity contribution is -0.129. The number of hydrogen-bond acceptors (Lipinski definition) is 2. The predicted octanol–water partition coefficient (Wildman–Crippen LogP) is 4.79. The summed E-state index contributed by atoms with van der Waals surface area (Å²) in [4.78, 5) is 18.7. The second kappa shape index (κ2) is 7.55. The summed E-state index contributed by atoms with van der Waals surface area (Å²) in [5.74, 6) is 0.667. The Morgan fingerprint density at radius 2 is 1.85 bits per heavy atom. The van der Waals surface area contributed by atoms with Crippen LogP contribution in [0.15, 0.2) is 48.8 Å². The molecule has 0 spiro atoms. The smallest absolute Gasteiger partial charge is 0.241 e. The number of nitrogens with zero attached hydrogens (tertiary/aromatic N) is 3. The molecule has 1 fully saturated rings. The first-order valence-electron chi connectivity index (χ1n) is 9.88. The SMILES string of the molecule is CN(C)C(=O)Cn1ccc2c(C3CCCCC3)c(-c3ccccc3)nc-2c1. The second-order valence-electron chi connectivity index (χ2n) is 7.78. The number of rotatable bonds is 4. The number of carbonyl (C=O) groups is 1. The molecule has 1 aromatic rings. The van der Waals surface area contributed by atoms with Crippen LogP contribution in [0.1, 0.15) is 43.6 Å². The summed E-state index contributed by atoms with van der Waals surface area (Å²) in [6.45, 7) is 0.342. The standard InChI is InChI=1S/C23H27N3O/c1-25(2)21(27)16-26-14-13-19-20(15-26)24-23(18-11-7-4-8-12-18)22(19)17-9-5-3-6-10-17/h4,7-8,11-15,17H,3,5-6,9-10,16H2,1-2H3. The maximum Gasteiger partial charge on any atom is 0.241 e. The summed E-state index contributed by atoms with van der Waals surface area (Å²) >= 11 is 0. The van der Waals surface area contributed by atoms with Crippen molar-refractivity contribution in [2.24, 2.45) is 0 Å². The van der Waals surface area contributed by atoms with Gasteiger partial charge in [-0.15, -0.1) is 0 Å². The Morgan fingerprint density at radius 3 is 2.56 bits per heavy atom. The highest BCUT2D eigenvalue weighted by Crippen LogP contribution is 2.44. The van der Waals surface area contributed by atoms with E-state index in [4.69, 9.17) is 4.98 Å². The normalized spacial score (nSPS) is 15.2. The summed E-state index contributed by atoms with van der Waals surface area (Å²) in [6, 6.07) is 12.7. The quantitative estimate of drug-likeness (QED) is 0.670. The fraction of sp³-hybridized carbons (Fsp3) is 0.391. The van der Waals surface area contributed by atoms with Gasteiger partial charge in [0.05, 0.1) is 11.4 Å². The van der Waals surface area contributed by atoms with Crippen LogP contribution in [0.4, 0.5) is 0 Å². The molecule has 1 amide bonds. The minimum absolute atomic E-state index is 0.0849. The number of benzene rings is 1. The first-order valence-corrected chi connectivity index (χ1v) is 9.88. The van der Waals surface area contributed by atoms with Crippen LogP contribution in [0.3, 0.4) is 0 Å². The van der Waals surface area contributed by atoms with E-state index in [-0.39, 0.29) is 5.91 Å². The summed E-state index contributed by atoms with van der Waals surface area (Å²) < 4.78 is 1.94. The highest BCUT2D eigenvalue weighted by molar-refractivity contribution is 5.80. The van der Waals surface area contributed by atoms with E-state index in [0.717, 1.165) is 11.4 Å². The van der Waals surface area contributed by atoms with Gasteiger partial charge < -0.3 is 9.47 Å². The Labute approximate surface area is 161 Å². The molecule has 4 rings (SSSR count). The van der Waals surface area contributed by atoms with E-state index in [1.807, 2.05) is 23.0 Å². The first-order chi connectivity index (χ1) is 13.1. The largest absolute Gasteiger partial charge is 0.347 e. The van der Waals surface area contributed by atoms with Crippen molar-refractivity contribution >= 4 is 5.91 Å². The molecular weight excluding hydrogens is 334 g/mol. The average molecular weight is 361 g/mol. The van der Waals surface area contributed by atoms with Crippen molar-refractivity contribution in [3.05, 3.63) is 54.4 Å². The highest BCUT2D eigenvalue weighted by atomic mass is 16.2. The van der Waals surface area contributed by atoms with E-state index in [2.05, 4.69) is 30.3 Å². The van der Waals surface area contributed by atoms with Crippen LogP contribution < -0.4 is 0 Å². The minimum atomic E-state index is 0.0849. The molecule has 0 atom stereocenters. The average Bonchev–Trinajstić information content (AvgIpc) is 3.08. The van der Waals surface area contributed by atoms with Gasteiger partial charge in [-0.25, -0.2) is 4.98 Å². The Bertz CT molecular complexity index is 891. The van der Waals surface area contributed by atoms with Crippen molar-refractivity contribution in [2.45, 2.75) is 44.6 Å². The monoisotopic (exact) mass is 361 g/mol. The number of fused-ring (bicyclic) bond motifs is 1. The molecule has 1 aromatic carbocycles. The fourth-order valence-electron chi connectivity index (χ4n) is 4.17. The molecule has 1 aliphatic carbocycles. The number of amides is 1. The Morgan fingerprint density at radius 1 is 1.11 bits per heavy atom. The number of pyridine rings is 1. The van der Waals surface area contributed by atoms with Crippen molar-refractivity contribution < 1.29 is 4.79 Å². The predicted molar refractivity (Wildman–Crippen MR) is 109 cm³/mol. The maximum absolute atomic E-state index is 12.1. The van der Waals surface area contributed by atoms with Crippen molar-refractivity contribution in [2.75, 3.05) is 14.1 Å². The van der Waals surface area contributed by atoms with E-state index in [0.29, 0.717) is 12.5 Å². The van der Waals surface area contributed by atoms with Gasteiger partial charge in [0, 0.05) is 37.6 Å². The van der Waals surface area contributed by atoms with Crippen molar-refractivity contribution in [1.82, 2.24) is 14.5 Å². The lowest BCUT2D eigenvalue weighted by atomic mass is 9.81. The topological polar surface area (TPSA) is 38.1 Å². The Balaban J connectivity index is 1.79. The molecule has 2 heterocycles. The second-order valence-corrected chi connectivity index (χ2v) is 7.78. The third-order valence-electron chi connectivity index (χ3n) is 5.65. The Hall–Kier alpha value is -2.62. The van der Waals surface area contributed by atoms with Crippen LogP contribution in [0.5, 0.6) is 0 Å². The molecule has 0 bridgehead atoms. The van der Waals surface area contributed by atoms with E-state index in [1.165, 1.54) is 48.8 Å². The lowest BCUT2D eigenvalue weighted by Gasteiger charge is -2.23. The highest BCUT2D eigenvalue weighted by Gasteiger charge is 2.27.